The van der Waals surface area contributed by atoms with E-state index in [-0.39, 0.29) is 18.8 Å². The molecule has 0 saturated heterocycles. The number of anilines is 2. The van der Waals surface area contributed by atoms with Crippen LogP contribution in [0.15, 0.2) is 232 Å². The minimum Gasteiger partial charge on any atom is -0.491 e. The first-order valence-electron chi connectivity index (χ1n) is 27.5. The Bertz CT molecular complexity index is 3170. The zero-order chi connectivity index (χ0) is 55.7. The van der Waals surface area contributed by atoms with Gasteiger partial charge in [0.05, 0.1) is 16.9 Å². The predicted octanol–water partition coefficient (Wildman–Crippen LogP) is 20.1. The lowest BCUT2D eigenvalue weighted by Gasteiger charge is -2.37. The average molecular weight is 1060 g/mol. The quantitative estimate of drug-likeness (QED) is 0.0862. The third-order valence-corrected chi connectivity index (χ3v) is 15.5. The van der Waals surface area contributed by atoms with Gasteiger partial charge in [0.2, 0.25) is 0 Å². The maximum absolute atomic E-state index is 14.5. The number of rotatable bonds is 15. The molecule has 1 saturated carbocycles. The monoisotopic (exact) mass is 1060 g/mol. The molecule has 1 aliphatic heterocycles. The van der Waals surface area contributed by atoms with E-state index in [2.05, 4.69) is 56.5 Å². The van der Waals surface area contributed by atoms with E-state index in [9.17, 15) is 26.3 Å². The molecule has 0 spiro atoms. The Labute approximate surface area is 457 Å². The molecule has 2 aromatic carbocycles. The van der Waals surface area contributed by atoms with Crippen LogP contribution in [0.25, 0.3) is 17.0 Å². The van der Waals surface area contributed by atoms with Crippen molar-refractivity contribution in [3.8, 4) is 0 Å². The Morgan fingerprint density at radius 3 is 2.35 bits per heavy atom. The van der Waals surface area contributed by atoms with Crippen molar-refractivity contribution in [1.29, 1.82) is 0 Å². The molecular formula is C68H72F6N2O2. The van der Waals surface area contributed by atoms with Crippen LogP contribution >= 0.6 is 0 Å². The van der Waals surface area contributed by atoms with E-state index in [1.165, 1.54) is 23.8 Å². The Balaban J connectivity index is 1.37. The summed E-state index contributed by atoms with van der Waals surface area (Å²) in [5.74, 6) is 0.630. The molecule has 78 heavy (non-hydrogen) atoms. The number of para-hydroxylation sites is 1. The normalized spacial score (nSPS) is 23.3. The minimum absolute atomic E-state index is 0.0741. The van der Waals surface area contributed by atoms with Crippen molar-refractivity contribution in [3.63, 3.8) is 0 Å². The number of fused-ring (bicyclic) bond motifs is 2. The molecule has 1 unspecified atom stereocenters. The first-order chi connectivity index (χ1) is 37.5. The summed E-state index contributed by atoms with van der Waals surface area (Å²) in [5.41, 5.74) is 8.71. The maximum atomic E-state index is 14.5. The molecule has 1 fully saturated rings. The van der Waals surface area contributed by atoms with Gasteiger partial charge in [0.15, 0.2) is 5.58 Å². The summed E-state index contributed by atoms with van der Waals surface area (Å²) in [6.07, 6.45) is 33.1. The van der Waals surface area contributed by atoms with E-state index in [0.29, 0.717) is 78.0 Å². The predicted molar refractivity (Wildman–Crippen MR) is 310 cm³/mol. The number of allylic oxidation sites excluding steroid dienone is 22. The lowest BCUT2D eigenvalue weighted by atomic mass is 9.76. The van der Waals surface area contributed by atoms with Gasteiger partial charge in [-0.15, -0.1) is 0 Å². The average Bonchev–Trinajstić information content (AvgIpc) is 4.09. The van der Waals surface area contributed by atoms with Crippen molar-refractivity contribution in [2.45, 2.75) is 111 Å². The van der Waals surface area contributed by atoms with E-state index in [4.69, 9.17) is 15.7 Å². The van der Waals surface area contributed by atoms with Crippen molar-refractivity contribution in [2.75, 3.05) is 16.4 Å². The van der Waals surface area contributed by atoms with Crippen LogP contribution in [0, 0.1) is 23.7 Å². The van der Waals surface area contributed by atoms with Gasteiger partial charge in [-0.25, -0.2) is 0 Å². The standard InChI is InChI=1S/C68H72F6N2O2/c1-9-14-28-55-49(43-75(60-33-20-27-52(42-47(60)8)68(72,73)74)61-34-22-32-57-56(29-15-10-2)63(13-5)78-66(57)61)37-36-46(7)64(55)58(30-16-11-3)59(12-4)76(53-40-38-51(39-41-53)67(69,70)71)62-35-21-31-54-45(6)23-19-26-50(44-77-65(54)62)48-24-17-18-25-48/h9-10,12,14-16,19,21-23,26-27,29-30,32-41,43,47-48,54-55H,2,6-7,11,13,17-18,20,24-25,28,31,42,44H2,1,3-5,8H3/b14-9-,23-19-,29-15-,30-16-,49-43+,50-26+,59-12?,64-58+/t47-,54?,55-/m1/s1. The zero-order valence-electron chi connectivity index (χ0n) is 45.6. The molecule has 4 nitrogen and oxygen atoms in total. The van der Waals surface area contributed by atoms with Gasteiger partial charge in [0, 0.05) is 69.6 Å². The van der Waals surface area contributed by atoms with E-state index in [1.807, 2.05) is 117 Å². The van der Waals surface area contributed by atoms with Crippen molar-refractivity contribution in [3.05, 3.63) is 244 Å². The van der Waals surface area contributed by atoms with Crippen LogP contribution in [0.2, 0.25) is 0 Å². The Morgan fingerprint density at radius 2 is 1.67 bits per heavy atom. The lowest BCUT2D eigenvalue weighted by Crippen LogP contribution is -2.29. The van der Waals surface area contributed by atoms with Crippen molar-refractivity contribution in [1.82, 2.24) is 0 Å². The smallest absolute Gasteiger partial charge is 0.416 e. The molecule has 3 aromatic rings. The minimum atomic E-state index is -4.56. The van der Waals surface area contributed by atoms with Crippen LogP contribution < -0.4 is 9.80 Å². The molecule has 1 aromatic heterocycles. The number of ether oxygens (including phenoxy) is 1. The number of furan rings is 1. The summed E-state index contributed by atoms with van der Waals surface area (Å²) < 4.78 is 101. The summed E-state index contributed by atoms with van der Waals surface area (Å²) in [6, 6.07) is 11.2. The Hall–Kier alpha value is -7.20. The maximum Gasteiger partial charge on any atom is 0.416 e. The lowest BCUT2D eigenvalue weighted by molar-refractivity contribution is -0.137. The van der Waals surface area contributed by atoms with Crippen molar-refractivity contribution < 1.29 is 35.5 Å². The summed E-state index contributed by atoms with van der Waals surface area (Å²) in [6.45, 7) is 23.3. The van der Waals surface area contributed by atoms with Gasteiger partial charge in [-0.2, -0.15) is 26.3 Å². The fourth-order valence-corrected chi connectivity index (χ4v) is 11.5. The highest BCUT2D eigenvalue weighted by molar-refractivity contribution is 5.97. The SMILES string of the molecule is C=C/C=C\c1c(CC)oc2c(N(/C=C3\C=CC(=C)/C(=C(/C=C\CC)C(=CC)N(C4=C5OC/C(C6CCCC6)=C\C=C/C(=C)C5CC=C4)c4ccc(C(F)(F)F)cc4)[C@@H]3C/C=C\C)C3=CCC=C(C(F)(F)F)C[C@H]3C)cccc12. The second-order valence-corrected chi connectivity index (χ2v) is 20.5. The van der Waals surface area contributed by atoms with Crippen LogP contribution in [0.1, 0.15) is 109 Å². The molecule has 2 heterocycles. The Kier molecular flexibility index (Phi) is 18.3. The number of alkyl halides is 6. The van der Waals surface area contributed by atoms with Crippen LogP contribution in [-0.4, -0.2) is 12.8 Å². The molecule has 0 N–H and O–H groups in total. The topological polar surface area (TPSA) is 28.9 Å². The fourth-order valence-electron chi connectivity index (χ4n) is 11.5. The molecular weight excluding hydrogens is 991 g/mol. The highest BCUT2D eigenvalue weighted by atomic mass is 19.4. The largest absolute Gasteiger partial charge is 0.491 e. The van der Waals surface area contributed by atoms with E-state index in [0.717, 1.165) is 82.4 Å². The number of halogens is 6. The summed E-state index contributed by atoms with van der Waals surface area (Å²) in [5, 5.41) is 0.858. The van der Waals surface area contributed by atoms with Gasteiger partial charge in [-0.3, -0.25) is 0 Å². The molecule has 4 aliphatic carbocycles. The number of aryl methyl sites for hydroxylation is 1. The van der Waals surface area contributed by atoms with E-state index < -0.39 is 35.3 Å². The van der Waals surface area contributed by atoms with Gasteiger partial charge < -0.3 is 19.0 Å². The first-order valence-corrected chi connectivity index (χ1v) is 27.5. The highest BCUT2D eigenvalue weighted by Gasteiger charge is 2.38. The van der Waals surface area contributed by atoms with Crippen molar-refractivity contribution in [2.24, 2.45) is 23.7 Å². The third kappa shape index (κ3) is 12.4. The van der Waals surface area contributed by atoms with Gasteiger partial charge in [0.1, 0.15) is 18.1 Å². The Morgan fingerprint density at radius 1 is 0.897 bits per heavy atom. The first kappa shape index (κ1) is 57.0. The third-order valence-electron chi connectivity index (χ3n) is 15.5. The summed E-state index contributed by atoms with van der Waals surface area (Å²) in [4.78, 5) is 4.04. The van der Waals surface area contributed by atoms with Gasteiger partial charge in [-0.05, 0) is 129 Å². The summed E-state index contributed by atoms with van der Waals surface area (Å²) >= 11 is 0. The molecule has 0 radical (unpaired) electrons. The number of hydrogen-bond donors (Lipinski definition) is 0. The number of hydrogen-bond acceptors (Lipinski definition) is 4. The second kappa shape index (κ2) is 25.1. The van der Waals surface area contributed by atoms with Crippen LogP contribution in [0.3, 0.4) is 0 Å². The molecule has 8 rings (SSSR count). The summed E-state index contributed by atoms with van der Waals surface area (Å²) in [7, 11) is 0. The van der Waals surface area contributed by atoms with Crippen molar-refractivity contribution >= 4 is 28.4 Å². The molecule has 408 valence electrons. The fraction of sp³-hybridized carbons (Fsp3) is 0.324. The zero-order valence-corrected chi connectivity index (χ0v) is 45.6. The van der Waals surface area contributed by atoms with Gasteiger partial charge in [-0.1, -0.05) is 163 Å². The number of benzene rings is 2. The van der Waals surface area contributed by atoms with Crippen LogP contribution in [0.4, 0.5) is 37.7 Å². The molecule has 3 atom stereocenters. The molecule has 5 aliphatic rings. The van der Waals surface area contributed by atoms with E-state index in [1.54, 1.807) is 6.08 Å². The van der Waals surface area contributed by atoms with E-state index >= 15 is 0 Å². The molecule has 10 heteroatoms. The molecule has 0 bridgehead atoms. The van der Waals surface area contributed by atoms with Crippen LogP contribution in [0.5, 0.6) is 0 Å². The van der Waals surface area contributed by atoms with Gasteiger partial charge in [0.25, 0.3) is 0 Å². The second-order valence-electron chi connectivity index (χ2n) is 20.5. The van der Waals surface area contributed by atoms with Gasteiger partial charge >= 0.3 is 12.4 Å². The van der Waals surface area contributed by atoms with Crippen LogP contribution in [-0.2, 0) is 17.3 Å². The number of nitrogens with zero attached hydrogens (tertiary/aromatic N) is 2. The molecule has 0 amide bonds. The highest BCUT2D eigenvalue weighted by Crippen LogP contribution is 2.47.